The van der Waals surface area contributed by atoms with Gasteiger partial charge in [-0.2, -0.15) is 0 Å². The van der Waals surface area contributed by atoms with E-state index in [1.807, 2.05) is 18.5 Å². The van der Waals surface area contributed by atoms with E-state index in [9.17, 15) is 0 Å². The number of nitrogens with zero attached hydrogens (tertiary/aromatic N) is 3. The molecule has 2 heterocycles. The highest BCUT2D eigenvalue weighted by Crippen LogP contribution is 2.29. The smallest absolute Gasteiger partial charge is 0.159 e. The topological polar surface area (TPSA) is 50.7 Å². The molecule has 1 atom stereocenters. The molecule has 0 amide bonds. The Hall–Kier alpha value is -1.81. The van der Waals surface area contributed by atoms with Crippen LogP contribution in [-0.4, -0.2) is 21.5 Å². The summed E-state index contributed by atoms with van der Waals surface area (Å²) in [5.41, 5.74) is 4.69. The van der Waals surface area contributed by atoms with Crippen LogP contribution in [0.4, 0.5) is 0 Å². The van der Waals surface area contributed by atoms with E-state index in [1.165, 1.54) is 30.5 Å². The van der Waals surface area contributed by atoms with Gasteiger partial charge in [-0.1, -0.05) is 13.3 Å². The zero-order valence-corrected chi connectivity index (χ0v) is 12.8. The van der Waals surface area contributed by atoms with Crippen molar-refractivity contribution in [2.24, 2.45) is 0 Å². The second-order valence-electron chi connectivity index (χ2n) is 5.64. The Labute approximate surface area is 126 Å². The number of aromatic nitrogens is 3. The van der Waals surface area contributed by atoms with Gasteiger partial charge in [0.1, 0.15) is 0 Å². The van der Waals surface area contributed by atoms with Crippen molar-refractivity contribution in [3.8, 4) is 11.4 Å². The molecule has 3 rings (SSSR count). The van der Waals surface area contributed by atoms with E-state index in [0.717, 1.165) is 29.9 Å². The number of aryl methyl sites for hydroxylation is 2. The van der Waals surface area contributed by atoms with Crippen LogP contribution in [0.1, 0.15) is 49.0 Å². The summed E-state index contributed by atoms with van der Waals surface area (Å²) in [4.78, 5) is 13.6. The van der Waals surface area contributed by atoms with Gasteiger partial charge in [0.2, 0.25) is 0 Å². The van der Waals surface area contributed by atoms with Gasteiger partial charge in [-0.15, -0.1) is 0 Å². The number of pyridine rings is 1. The summed E-state index contributed by atoms with van der Waals surface area (Å²) in [6.07, 6.45) is 10.4. The summed E-state index contributed by atoms with van der Waals surface area (Å²) >= 11 is 0. The molecule has 4 heteroatoms. The fourth-order valence-corrected chi connectivity index (χ4v) is 3.03. The lowest BCUT2D eigenvalue weighted by atomic mass is 10.0. The molecule has 110 valence electrons. The minimum absolute atomic E-state index is 0.403. The maximum atomic E-state index is 4.86. The first-order chi connectivity index (χ1) is 10.3. The molecule has 4 nitrogen and oxygen atoms in total. The number of fused-ring (bicyclic) bond motifs is 1. The van der Waals surface area contributed by atoms with Crippen LogP contribution in [-0.2, 0) is 6.42 Å². The summed E-state index contributed by atoms with van der Waals surface area (Å²) < 4.78 is 0. The van der Waals surface area contributed by atoms with Gasteiger partial charge in [-0.05, 0) is 44.4 Å². The summed E-state index contributed by atoms with van der Waals surface area (Å²) in [6, 6.07) is 2.40. The molecule has 0 fully saturated rings. The molecular formula is C17H22N4. The summed E-state index contributed by atoms with van der Waals surface area (Å²) in [7, 11) is 0. The van der Waals surface area contributed by atoms with Crippen molar-refractivity contribution in [3.05, 3.63) is 41.5 Å². The molecule has 0 aromatic carbocycles. The van der Waals surface area contributed by atoms with Crippen LogP contribution >= 0.6 is 0 Å². The maximum Gasteiger partial charge on any atom is 0.159 e. The van der Waals surface area contributed by atoms with E-state index in [2.05, 4.69) is 29.1 Å². The molecule has 0 aliphatic heterocycles. The fraction of sp³-hybridized carbons (Fsp3) is 0.471. The Balaban J connectivity index is 2.01. The first-order valence-electron chi connectivity index (χ1n) is 7.79. The molecule has 0 saturated carbocycles. The molecule has 2 aromatic heterocycles. The van der Waals surface area contributed by atoms with Crippen molar-refractivity contribution < 1.29 is 0 Å². The Morgan fingerprint density at radius 3 is 3.00 bits per heavy atom. The lowest BCUT2D eigenvalue weighted by Crippen LogP contribution is -2.21. The highest BCUT2D eigenvalue weighted by atomic mass is 14.9. The molecule has 2 aromatic rings. The maximum absolute atomic E-state index is 4.86. The third kappa shape index (κ3) is 2.95. The van der Waals surface area contributed by atoms with Crippen LogP contribution in [0.3, 0.4) is 0 Å². The van der Waals surface area contributed by atoms with Crippen molar-refractivity contribution >= 4 is 0 Å². The highest BCUT2D eigenvalue weighted by Gasteiger charge is 2.20. The molecule has 0 radical (unpaired) electrons. The van der Waals surface area contributed by atoms with Crippen LogP contribution < -0.4 is 5.32 Å². The standard InChI is InChI=1S/C17H22N4/c1-3-19-15-6-4-5-7-16-14(15)11-20-17(21-16)13-8-9-18-10-12(13)2/h8-11,15,19H,3-7H2,1-2H3. The van der Waals surface area contributed by atoms with Gasteiger partial charge in [0.15, 0.2) is 5.82 Å². The lowest BCUT2D eigenvalue weighted by molar-refractivity contribution is 0.502. The third-order valence-corrected chi connectivity index (χ3v) is 4.14. The van der Waals surface area contributed by atoms with Crippen LogP contribution in [0.5, 0.6) is 0 Å². The molecule has 0 bridgehead atoms. The highest BCUT2D eigenvalue weighted by molar-refractivity contribution is 5.59. The zero-order valence-electron chi connectivity index (χ0n) is 12.8. The van der Waals surface area contributed by atoms with Crippen LogP contribution in [0.15, 0.2) is 24.7 Å². The summed E-state index contributed by atoms with van der Waals surface area (Å²) in [6.45, 7) is 5.19. The largest absolute Gasteiger partial charge is 0.310 e. The third-order valence-electron chi connectivity index (χ3n) is 4.14. The second kappa shape index (κ2) is 6.31. The second-order valence-corrected chi connectivity index (χ2v) is 5.64. The molecule has 0 spiro atoms. The van der Waals surface area contributed by atoms with Crippen LogP contribution in [0.2, 0.25) is 0 Å². The fourth-order valence-electron chi connectivity index (χ4n) is 3.03. The Kier molecular flexibility index (Phi) is 4.25. The van der Waals surface area contributed by atoms with E-state index in [0.29, 0.717) is 6.04 Å². The van der Waals surface area contributed by atoms with Gasteiger partial charge in [0.25, 0.3) is 0 Å². The number of rotatable bonds is 3. The summed E-state index contributed by atoms with van der Waals surface area (Å²) in [5.74, 6) is 0.825. The first-order valence-corrected chi connectivity index (χ1v) is 7.79. The van der Waals surface area contributed by atoms with E-state index < -0.39 is 0 Å². The molecular weight excluding hydrogens is 260 g/mol. The average molecular weight is 282 g/mol. The quantitative estimate of drug-likeness (QED) is 0.878. The number of hydrogen-bond acceptors (Lipinski definition) is 4. The molecule has 1 N–H and O–H groups in total. The normalized spacial score (nSPS) is 18.1. The van der Waals surface area contributed by atoms with Gasteiger partial charge in [0, 0.05) is 41.5 Å². The SMILES string of the molecule is CCNC1CCCCc2nc(-c3ccncc3C)ncc21. The van der Waals surface area contributed by atoms with E-state index in [4.69, 9.17) is 4.98 Å². The van der Waals surface area contributed by atoms with Crippen molar-refractivity contribution in [1.82, 2.24) is 20.3 Å². The van der Waals surface area contributed by atoms with Crippen molar-refractivity contribution in [2.75, 3.05) is 6.54 Å². The van der Waals surface area contributed by atoms with Crippen molar-refractivity contribution in [2.45, 2.75) is 45.6 Å². The molecule has 1 aliphatic rings. The minimum Gasteiger partial charge on any atom is -0.310 e. The molecule has 21 heavy (non-hydrogen) atoms. The van der Waals surface area contributed by atoms with Crippen molar-refractivity contribution in [3.63, 3.8) is 0 Å². The predicted molar refractivity (Wildman–Crippen MR) is 84.0 cm³/mol. The van der Waals surface area contributed by atoms with Crippen LogP contribution in [0, 0.1) is 6.92 Å². The minimum atomic E-state index is 0.403. The van der Waals surface area contributed by atoms with Gasteiger partial charge in [-0.25, -0.2) is 9.97 Å². The van der Waals surface area contributed by atoms with Crippen molar-refractivity contribution in [1.29, 1.82) is 0 Å². The van der Waals surface area contributed by atoms with Gasteiger partial charge < -0.3 is 5.32 Å². The van der Waals surface area contributed by atoms with Gasteiger partial charge in [-0.3, -0.25) is 4.98 Å². The average Bonchev–Trinajstić information content (AvgIpc) is 2.70. The van der Waals surface area contributed by atoms with Gasteiger partial charge in [0.05, 0.1) is 0 Å². The predicted octanol–water partition coefficient (Wildman–Crippen LogP) is 3.22. The zero-order chi connectivity index (χ0) is 14.7. The first kappa shape index (κ1) is 14.1. The molecule has 0 saturated heterocycles. The van der Waals surface area contributed by atoms with Gasteiger partial charge >= 0.3 is 0 Å². The molecule has 1 unspecified atom stereocenters. The monoisotopic (exact) mass is 282 g/mol. The Morgan fingerprint density at radius 1 is 1.29 bits per heavy atom. The molecule has 1 aliphatic carbocycles. The number of hydrogen-bond donors (Lipinski definition) is 1. The van der Waals surface area contributed by atoms with E-state index in [-0.39, 0.29) is 0 Å². The van der Waals surface area contributed by atoms with E-state index >= 15 is 0 Å². The summed E-state index contributed by atoms with van der Waals surface area (Å²) in [5, 5.41) is 3.56. The van der Waals surface area contributed by atoms with E-state index in [1.54, 1.807) is 6.20 Å². The number of nitrogens with one attached hydrogen (secondary N) is 1. The Morgan fingerprint density at radius 2 is 2.19 bits per heavy atom. The lowest BCUT2D eigenvalue weighted by Gasteiger charge is -2.18. The Bertz CT molecular complexity index is 624. The van der Waals surface area contributed by atoms with Crippen LogP contribution in [0.25, 0.3) is 11.4 Å².